The largest absolute Gasteiger partial charge is 0.369 e. The number of anilines is 2. The number of halogens is 2. The molecule has 0 unspecified atom stereocenters. The molecule has 1 atom stereocenters. The highest BCUT2D eigenvalue weighted by Gasteiger charge is 2.26. The summed E-state index contributed by atoms with van der Waals surface area (Å²) in [6.07, 6.45) is 0. The number of carbonyl (C=O) groups is 2. The number of hydrogen-bond donors (Lipinski definition) is 1. The summed E-state index contributed by atoms with van der Waals surface area (Å²) in [6, 6.07) is 12.5. The van der Waals surface area contributed by atoms with Crippen molar-refractivity contribution in [2.24, 2.45) is 0 Å². The normalized spacial score (nSPS) is 15.9. The molecule has 0 aromatic heterocycles. The monoisotopic (exact) mass is 419 g/mol. The first kappa shape index (κ1) is 20.6. The second-order valence-electron chi connectivity index (χ2n) is 6.89. The Morgan fingerprint density at radius 1 is 0.964 bits per heavy atom. The minimum absolute atomic E-state index is 0.0647. The van der Waals surface area contributed by atoms with Crippen LogP contribution in [0, 0.1) is 0 Å². The summed E-state index contributed by atoms with van der Waals surface area (Å²) in [5, 5.41) is 3.69. The molecule has 2 aromatic rings. The average molecular weight is 420 g/mol. The van der Waals surface area contributed by atoms with Gasteiger partial charge in [-0.25, -0.2) is 0 Å². The van der Waals surface area contributed by atoms with E-state index in [9.17, 15) is 9.59 Å². The van der Waals surface area contributed by atoms with E-state index in [4.69, 9.17) is 23.2 Å². The predicted molar refractivity (Wildman–Crippen MR) is 115 cm³/mol. The van der Waals surface area contributed by atoms with Gasteiger partial charge in [0.25, 0.3) is 0 Å². The number of para-hydroxylation sites is 1. The van der Waals surface area contributed by atoms with Gasteiger partial charge in [0.1, 0.15) is 0 Å². The van der Waals surface area contributed by atoms with Crippen LogP contribution in [0.3, 0.4) is 0 Å². The highest BCUT2D eigenvalue weighted by atomic mass is 35.5. The van der Waals surface area contributed by atoms with Crippen molar-refractivity contribution >= 4 is 46.3 Å². The van der Waals surface area contributed by atoms with E-state index in [0.717, 1.165) is 31.9 Å². The summed E-state index contributed by atoms with van der Waals surface area (Å²) < 4.78 is 0. The lowest BCUT2D eigenvalue weighted by Gasteiger charge is -2.38. The van der Waals surface area contributed by atoms with E-state index in [-0.39, 0.29) is 17.7 Å². The van der Waals surface area contributed by atoms with Gasteiger partial charge in [0.15, 0.2) is 5.78 Å². The molecule has 0 saturated carbocycles. The van der Waals surface area contributed by atoms with Gasteiger partial charge in [0.05, 0.1) is 21.8 Å². The zero-order valence-corrected chi connectivity index (χ0v) is 17.4. The maximum atomic E-state index is 12.7. The minimum Gasteiger partial charge on any atom is -0.369 e. The molecule has 1 saturated heterocycles. The van der Waals surface area contributed by atoms with Crippen molar-refractivity contribution in [3.8, 4) is 0 Å². The minimum atomic E-state index is -0.297. The molecule has 0 radical (unpaired) electrons. The van der Waals surface area contributed by atoms with Gasteiger partial charge >= 0.3 is 0 Å². The van der Waals surface area contributed by atoms with E-state index < -0.39 is 0 Å². The fraction of sp³-hybridized carbons (Fsp3) is 0.333. The number of piperazine rings is 1. The van der Waals surface area contributed by atoms with Crippen molar-refractivity contribution in [2.45, 2.75) is 19.9 Å². The Hall–Kier alpha value is -2.08. The van der Waals surface area contributed by atoms with Gasteiger partial charge in [-0.2, -0.15) is 0 Å². The summed E-state index contributed by atoms with van der Waals surface area (Å²) in [6.45, 7) is 6.60. The van der Waals surface area contributed by atoms with Gasteiger partial charge in [-0.05, 0) is 50.2 Å². The Kier molecular flexibility index (Phi) is 6.60. The van der Waals surface area contributed by atoms with Crippen LogP contribution in [0.1, 0.15) is 24.2 Å². The van der Waals surface area contributed by atoms with Crippen molar-refractivity contribution in [3.63, 3.8) is 0 Å². The summed E-state index contributed by atoms with van der Waals surface area (Å²) in [5.74, 6) is -0.0657. The first-order chi connectivity index (χ1) is 13.4. The Balaban J connectivity index is 1.58. The quantitative estimate of drug-likeness (QED) is 0.731. The number of nitrogens with one attached hydrogen (secondary N) is 1. The first-order valence-corrected chi connectivity index (χ1v) is 9.97. The van der Waals surface area contributed by atoms with Crippen LogP contribution in [-0.4, -0.2) is 48.8 Å². The number of hydrogen-bond acceptors (Lipinski definition) is 4. The highest BCUT2D eigenvalue weighted by molar-refractivity contribution is 6.39. The second kappa shape index (κ2) is 8.95. The molecule has 1 heterocycles. The van der Waals surface area contributed by atoms with Gasteiger partial charge in [0, 0.05) is 37.4 Å². The molecular formula is C21H23Cl2N3O2. The predicted octanol–water partition coefficient (Wildman–Crippen LogP) is 4.35. The van der Waals surface area contributed by atoms with Gasteiger partial charge in [-0.3, -0.25) is 14.5 Å². The standard InChI is InChI=1S/C21H23Cl2N3O2/c1-14(21(28)24-20-18(22)4-3-5-19(20)23)25-10-12-26(13-11-25)17-8-6-16(7-9-17)15(2)27/h3-9,14H,10-13H2,1-2H3,(H,24,28)/t14-/m0/s1. The van der Waals surface area contributed by atoms with Crippen molar-refractivity contribution in [3.05, 3.63) is 58.1 Å². The molecule has 148 valence electrons. The third-order valence-electron chi connectivity index (χ3n) is 5.09. The van der Waals surface area contributed by atoms with Gasteiger partial charge in [-0.15, -0.1) is 0 Å². The molecule has 2 aromatic carbocycles. The van der Waals surface area contributed by atoms with E-state index >= 15 is 0 Å². The van der Waals surface area contributed by atoms with Crippen LogP contribution in [0.5, 0.6) is 0 Å². The van der Waals surface area contributed by atoms with E-state index in [0.29, 0.717) is 21.3 Å². The number of benzene rings is 2. The van der Waals surface area contributed by atoms with Crippen LogP contribution in [-0.2, 0) is 4.79 Å². The van der Waals surface area contributed by atoms with Crippen LogP contribution in [0.25, 0.3) is 0 Å². The number of nitrogens with zero attached hydrogens (tertiary/aromatic N) is 2. The Morgan fingerprint density at radius 3 is 2.07 bits per heavy atom. The van der Waals surface area contributed by atoms with Gasteiger partial charge in [-0.1, -0.05) is 29.3 Å². The van der Waals surface area contributed by atoms with Gasteiger partial charge < -0.3 is 10.2 Å². The van der Waals surface area contributed by atoms with E-state index in [2.05, 4.69) is 15.1 Å². The van der Waals surface area contributed by atoms with Crippen molar-refractivity contribution in [1.29, 1.82) is 0 Å². The molecule has 0 aliphatic carbocycles. The zero-order valence-electron chi connectivity index (χ0n) is 15.9. The lowest BCUT2D eigenvalue weighted by molar-refractivity contribution is -0.120. The fourth-order valence-corrected chi connectivity index (χ4v) is 3.78. The lowest BCUT2D eigenvalue weighted by atomic mass is 10.1. The molecular weight excluding hydrogens is 397 g/mol. The summed E-state index contributed by atoms with van der Waals surface area (Å²) >= 11 is 12.3. The smallest absolute Gasteiger partial charge is 0.241 e. The average Bonchev–Trinajstić information content (AvgIpc) is 2.70. The fourth-order valence-electron chi connectivity index (χ4n) is 3.29. The van der Waals surface area contributed by atoms with Crippen molar-refractivity contribution < 1.29 is 9.59 Å². The Bertz CT molecular complexity index is 842. The third-order valence-corrected chi connectivity index (χ3v) is 5.72. The maximum absolute atomic E-state index is 12.7. The van der Waals surface area contributed by atoms with E-state index in [1.807, 2.05) is 31.2 Å². The molecule has 0 bridgehead atoms. The number of Topliss-reactive ketones (excluding diaryl/α,β-unsaturated/α-hetero) is 1. The van der Waals surface area contributed by atoms with E-state index in [1.54, 1.807) is 25.1 Å². The summed E-state index contributed by atoms with van der Waals surface area (Å²) in [5.41, 5.74) is 2.25. The van der Waals surface area contributed by atoms with Gasteiger partial charge in [0.2, 0.25) is 5.91 Å². The zero-order chi connectivity index (χ0) is 20.3. The Labute approximate surface area is 175 Å². The number of amides is 1. The molecule has 1 fully saturated rings. The lowest BCUT2D eigenvalue weighted by Crippen LogP contribution is -2.52. The summed E-state index contributed by atoms with van der Waals surface area (Å²) in [7, 11) is 0. The topological polar surface area (TPSA) is 52.7 Å². The van der Waals surface area contributed by atoms with Crippen LogP contribution in [0.15, 0.2) is 42.5 Å². The molecule has 1 aliphatic rings. The van der Waals surface area contributed by atoms with Crippen molar-refractivity contribution in [1.82, 2.24) is 4.90 Å². The third kappa shape index (κ3) is 4.66. The summed E-state index contributed by atoms with van der Waals surface area (Å²) in [4.78, 5) is 28.5. The maximum Gasteiger partial charge on any atom is 0.241 e. The van der Waals surface area contributed by atoms with Crippen LogP contribution < -0.4 is 10.2 Å². The van der Waals surface area contributed by atoms with Crippen LogP contribution >= 0.6 is 23.2 Å². The first-order valence-electron chi connectivity index (χ1n) is 9.21. The van der Waals surface area contributed by atoms with Crippen LogP contribution in [0.4, 0.5) is 11.4 Å². The Morgan fingerprint density at radius 2 is 1.54 bits per heavy atom. The molecule has 1 amide bonds. The highest BCUT2D eigenvalue weighted by Crippen LogP contribution is 2.30. The van der Waals surface area contributed by atoms with Crippen LogP contribution in [0.2, 0.25) is 10.0 Å². The number of rotatable bonds is 5. The van der Waals surface area contributed by atoms with Crippen molar-refractivity contribution in [2.75, 3.05) is 36.4 Å². The molecule has 1 aliphatic heterocycles. The SMILES string of the molecule is CC(=O)c1ccc(N2CCN([C@@H](C)C(=O)Nc3c(Cl)cccc3Cl)CC2)cc1. The molecule has 28 heavy (non-hydrogen) atoms. The number of carbonyl (C=O) groups excluding carboxylic acids is 2. The van der Waals surface area contributed by atoms with E-state index in [1.165, 1.54) is 0 Å². The number of ketones is 1. The molecule has 1 N–H and O–H groups in total. The molecule has 5 nitrogen and oxygen atoms in total. The molecule has 3 rings (SSSR count). The molecule has 7 heteroatoms. The molecule has 0 spiro atoms. The second-order valence-corrected chi connectivity index (χ2v) is 7.70.